The van der Waals surface area contributed by atoms with Crippen molar-refractivity contribution >= 4 is 41.0 Å². The molecule has 1 aromatic carbocycles. The first-order valence-electron chi connectivity index (χ1n) is 6.47. The highest BCUT2D eigenvalue weighted by molar-refractivity contribution is 6.42. The monoisotopic (exact) mass is 343 g/mol. The molecule has 0 fully saturated rings. The van der Waals surface area contributed by atoms with Crippen molar-refractivity contribution in [3.63, 3.8) is 0 Å². The van der Waals surface area contributed by atoms with Crippen molar-refractivity contribution in [2.24, 2.45) is 0 Å². The predicted octanol–water partition coefficient (Wildman–Crippen LogP) is 3.77. The van der Waals surface area contributed by atoms with Crippen LogP contribution in [-0.2, 0) is 4.74 Å². The van der Waals surface area contributed by atoms with Gasteiger partial charge in [-0.15, -0.1) is 0 Å². The predicted molar refractivity (Wildman–Crippen MR) is 85.1 cm³/mol. The van der Waals surface area contributed by atoms with E-state index >= 15 is 0 Å². The number of hydrazine groups is 1. The zero-order chi connectivity index (χ0) is 16.3. The van der Waals surface area contributed by atoms with Gasteiger partial charge in [0.15, 0.2) is 0 Å². The number of halogens is 2. The first kappa shape index (κ1) is 16.5. The zero-order valence-corrected chi connectivity index (χ0v) is 13.6. The molecule has 0 saturated heterocycles. The Morgan fingerprint density at radius 2 is 1.95 bits per heavy atom. The van der Waals surface area contributed by atoms with Gasteiger partial charge in [0.25, 0.3) is 0 Å². The molecule has 6 nitrogen and oxygen atoms in total. The van der Waals surface area contributed by atoms with Crippen LogP contribution in [-0.4, -0.2) is 42.3 Å². The van der Waals surface area contributed by atoms with Gasteiger partial charge in [-0.2, -0.15) is 0 Å². The molecule has 0 aliphatic carbocycles. The topological polar surface area (TPSA) is 61.9 Å². The normalized spacial score (nSPS) is 14.5. The number of hydrogen-bond acceptors (Lipinski definition) is 3. The summed E-state index contributed by atoms with van der Waals surface area (Å²) in [6, 6.07) is 4.29. The number of anilines is 1. The summed E-state index contributed by atoms with van der Waals surface area (Å²) >= 11 is 11.8. The zero-order valence-electron chi connectivity index (χ0n) is 12.1. The summed E-state index contributed by atoms with van der Waals surface area (Å²) in [6.45, 7) is 2.45. The molecule has 118 valence electrons. The summed E-state index contributed by atoms with van der Waals surface area (Å²) in [7, 11) is 1.27. The fourth-order valence-corrected chi connectivity index (χ4v) is 2.25. The molecule has 1 N–H and O–H groups in total. The van der Waals surface area contributed by atoms with Gasteiger partial charge >= 0.3 is 12.1 Å². The van der Waals surface area contributed by atoms with Crippen LogP contribution in [0.4, 0.5) is 15.3 Å². The fraction of sp³-hybridized carbons (Fsp3) is 0.286. The van der Waals surface area contributed by atoms with Gasteiger partial charge in [0.2, 0.25) is 0 Å². The minimum absolute atomic E-state index is 0.271. The maximum atomic E-state index is 12.4. The summed E-state index contributed by atoms with van der Waals surface area (Å²) in [4.78, 5) is 24.2. The molecular formula is C14H15Cl2N3O3. The van der Waals surface area contributed by atoms with Gasteiger partial charge in [-0.1, -0.05) is 34.9 Å². The summed E-state index contributed by atoms with van der Waals surface area (Å²) in [5, 5.41) is 5.91. The Bertz CT molecular complexity index is 634. The average molecular weight is 344 g/mol. The Labute approximate surface area is 138 Å². The van der Waals surface area contributed by atoms with E-state index in [1.807, 2.05) is 13.0 Å². The molecule has 0 spiro atoms. The summed E-state index contributed by atoms with van der Waals surface area (Å²) in [5.41, 5.74) is 1.46. The van der Waals surface area contributed by atoms with Crippen LogP contribution in [0.2, 0.25) is 10.0 Å². The number of carbonyl (C=O) groups is 2. The van der Waals surface area contributed by atoms with E-state index in [4.69, 9.17) is 23.2 Å². The summed E-state index contributed by atoms with van der Waals surface area (Å²) in [5.74, 6) is 0. The minimum atomic E-state index is -0.604. The second-order valence-electron chi connectivity index (χ2n) is 4.72. The Balaban J connectivity index is 2.16. The first-order valence-corrected chi connectivity index (χ1v) is 7.22. The summed E-state index contributed by atoms with van der Waals surface area (Å²) in [6.07, 6.45) is 1.26. The number of nitrogens with zero attached hydrogens (tertiary/aromatic N) is 2. The van der Waals surface area contributed by atoms with E-state index in [-0.39, 0.29) is 6.54 Å². The lowest BCUT2D eigenvalue weighted by Crippen LogP contribution is -2.53. The first-order chi connectivity index (χ1) is 10.4. The second kappa shape index (κ2) is 6.89. The van der Waals surface area contributed by atoms with Crippen molar-refractivity contribution in [2.45, 2.75) is 6.92 Å². The number of benzene rings is 1. The number of urea groups is 1. The lowest BCUT2D eigenvalue weighted by molar-refractivity contribution is 0.0252. The van der Waals surface area contributed by atoms with Gasteiger partial charge in [0.1, 0.15) is 0 Å². The number of amides is 3. The van der Waals surface area contributed by atoms with Crippen LogP contribution >= 0.6 is 23.2 Å². The van der Waals surface area contributed by atoms with Crippen LogP contribution in [0, 0.1) is 0 Å². The van der Waals surface area contributed by atoms with E-state index in [9.17, 15) is 9.59 Å². The third-order valence-corrected chi connectivity index (χ3v) is 3.83. The Morgan fingerprint density at radius 3 is 2.59 bits per heavy atom. The number of nitrogens with one attached hydrogen (secondary N) is 1. The highest BCUT2D eigenvalue weighted by atomic mass is 35.5. The van der Waals surface area contributed by atoms with Crippen molar-refractivity contribution < 1.29 is 14.3 Å². The third kappa shape index (κ3) is 3.64. The van der Waals surface area contributed by atoms with Crippen molar-refractivity contribution in [1.29, 1.82) is 0 Å². The van der Waals surface area contributed by atoms with Crippen molar-refractivity contribution in [2.75, 3.05) is 25.5 Å². The number of carbonyl (C=O) groups excluding carboxylic acids is 2. The molecule has 0 bridgehead atoms. The molecule has 1 aliphatic heterocycles. The maximum absolute atomic E-state index is 12.4. The van der Waals surface area contributed by atoms with Gasteiger partial charge in [0.05, 0.1) is 30.2 Å². The lowest BCUT2D eigenvalue weighted by atomic mass is 10.2. The highest BCUT2D eigenvalue weighted by Gasteiger charge is 2.29. The molecule has 0 saturated carbocycles. The molecule has 0 atom stereocenters. The highest BCUT2D eigenvalue weighted by Crippen LogP contribution is 2.25. The SMILES string of the molecule is COC(=O)N1CC=C(C)CN1C(=O)Nc1ccc(Cl)c(Cl)c1. The Kier molecular flexibility index (Phi) is 5.15. The van der Waals surface area contributed by atoms with E-state index in [0.29, 0.717) is 22.3 Å². The van der Waals surface area contributed by atoms with Crippen LogP contribution in [0.5, 0.6) is 0 Å². The number of methoxy groups -OCH3 is 1. The van der Waals surface area contributed by atoms with Gasteiger partial charge < -0.3 is 10.1 Å². The molecular weight excluding hydrogens is 329 g/mol. The smallest absolute Gasteiger partial charge is 0.428 e. The molecule has 0 unspecified atom stereocenters. The average Bonchev–Trinajstić information content (AvgIpc) is 2.50. The maximum Gasteiger partial charge on any atom is 0.428 e. The van der Waals surface area contributed by atoms with Gasteiger partial charge in [0, 0.05) is 5.69 Å². The third-order valence-electron chi connectivity index (χ3n) is 3.09. The number of ether oxygens (including phenoxy) is 1. The van der Waals surface area contributed by atoms with Crippen molar-refractivity contribution in [3.8, 4) is 0 Å². The van der Waals surface area contributed by atoms with Crippen molar-refractivity contribution in [3.05, 3.63) is 39.9 Å². The molecule has 22 heavy (non-hydrogen) atoms. The van der Waals surface area contributed by atoms with E-state index in [2.05, 4.69) is 10.1 Å². The van der Waals surface area contributed by atoms with Gasteiger partial charge in [-0.25, -0.2) is 19.6 Å². The van der Waals surface area contributed by atoms with Gasteiger partial charge in [-0.3, -0.25) is 0 Å². The molecule has 0 radical (unpaired) electrons. The molecule has 0 aromatic heterocycles. The molecule has 1 aromatic rings. The van der Waals surface area contributed by atoms with E-state index in [0.717, 1.165) is 5.57 Å². The minimum Gasteiger partial charge on any atom is -0.452 e. The Hall–Kier alpha value is -1.92. The standard InChI is InChI=1S/C14H15Cl2N3O3/c1-9-5-6-18(14(21)22-2)19(8-9)13(20)17-10-3-4-11(15)12(16)7-10/h3-5,7H,6,8H2,1-2H3,(H,17,20). The lowest BCUT2D eigenvalue weighted by Gasteiger charge is -2.36. The fourth-order valence-electron chi connectivity index (χ4n) is 1.95. The molecule has 1 aliphatic rings. The quantitative estimate of drug-likeness (QED) is 0.789. The molecule has 1 heterocycles. The van der Waals surface area contributed by atoms with Crippen molar-refractivity contribution in [1.82, 2.24) is 10.0 Å². The summed E-state index contributed by atoms with van der Waals surface area (Å²) < 4.78 is 4.69. The second-order valence-corrected chi connectivity index (χ2v) is 5.53. The largest absolute Gasteiger partial charge is 0.452 e. The van der Waals surface area contributed by atoms with Crippen LogP contribution in [0.3, 0.4) is 0 Å². The number of rotatable bonds is 1. The van der Waals surface area contributed by atoms with Crippen LogP contribution in [0.15, 0.2) is 29.8 Å². The van der Waals surface area contributed by atoms with Crippen LogP contribution in [0.1, 0.15) is 6.92 Å². The van der Waals surface area contributed by atoms with Crippen LogP contribution in [0.25, 0.3) is 0 Å². The molecule has 3 amide bonds. The van der Waals surface area contributed by atoms with Crippen LogP contribution < -0.4 is 5.32 Å². The van der Waals surface area contributed by atoms with E-state index < -0.39 is 12.1 Å². The molecule has 8 heteroatoms. The van der Waals surface area contributed by atoms with E-state index in [1.165, 1.54) is 23.2 Å². The molecule has 2 rings (SSSR count). The number of hydrogen-bond donors (Lipinski definition) is 1. The van der Waals surface area contributed by atoms with E-state index in [1.54, 1.807) is 12.1 Å². The Morgan fingerprint density at radius 1 is 1.23 bits per heavy atom. The van der Waals surface area contributed by atoms with Gasteiger partial charge in [-0.05, 0) is 25.1 Å².